The SMILES string of the molecule is Nc1nc2c(-c3cccnc3)ccc(N)n2n1. The Morgan fingerprint density at radius 3 is 2.76 bits per heavy atom. The van der Waals surface area contributed by atoms with Crippen molar-refractivity contribution in [3.63, 3.8) is 0 Å². The summed E-state index contributed by atoms with van der Waals surface area (Å²) in [6, 6.07) is 7.46. The standard InChI is InChI=1S/C11H10N6/c12-9-4-3-8(7-2-1-5-14-6-7)10-15-11(13)16-17(9)10/h1-6H,12H2,(H2,13,16). The average Bonchev–Trinajstić information content (AvgIpc) is 2.73. The predicted molar refractivity (Wildman–Crippen MR) is 65.0 cm³/mol. The molecule has 0 unspecified atom stereocenters. The zero-order valence-corrected chi connectivity index (χ0v) is 8.91. The van der Waals surface area contributed by atoms with E-state index in [0.717, 1.165) is 11.1 Å². The molecular weight excluding hydrogens is 216 g/mol. The second kappa shape index (κ2) is 3.44. The molecule has 0 radical (unpaired) electrons. The van der Waals surface area contributed by atoms with Crippen molar-refractivity contribution >= 4 is 17.4 Å². The Labute approximate surface area is 96.9 Å². The van der Waals surface area contributed by atoms with E-state index in [2.05, 4.69) is 15.1 Å². The van der Waals surface area contributed by atoms with Gasteiger partial charge in [0.2, 0.25) is 5.95 Å². The number of nitrogen functional groups attached to an aromatic ring is 2. The molecule has 0 bridgehead atoms. The summed E-state index contributed by atoms with van der Waals surface area (Å²) in [5.41, 5.74) is 13.9. The lowest BCUT2D eigenvalue weighted by molar-refractivity contribution is 0.981. The van der Waals surface area contributed by atoms with Crippen LogP contribution in [0.3, 0.4) is 0 Å². The molecule has 84 valence electrons. The van der Waals surface area contributed by atoms with Crippen LogP contribution in [0.5, 0.6) is 0 Å². The van der Waals surface area contributed by atoms with Crippen LogP contribution in [0.1, 0.15) is 0 Å². The van der Waals surface area contributed by atoms with Crippen LogP contribution >= 0.6 is 0 Å². The maximum atomic E-state index is 5.81. The molecule has 0 fully saturated rings. The van der Waals surface area contributed by atoms with Crippen LogP contribution in [0.15, 0.2) is 36.7 Å². The van der Waals surface area contributed by atoms with Crippen LogP contribution in [-0.4, -0.2) is 19.6 Å². The Bertz CT molecular complexity index is 673. The van der Waals surface area contributed by atoms with Crippen LogP contribution in [0.25, 0.3) is 16.8 Å². The molecule has 3 aromatic heterocycles. The van der Waals surface area contributed by atoms with Crippen LogP contribution in [-0.2, 0) is 0 Å². The number of hydrogen-bond acceptors (Lipinski definition) is 5. The fraction of sp³-hybridized carbons (Fsp3) is 0. The van der Waals surface area contributed by atoms with Crippen molar-refractivity contribution in [3.8, 4) is 11.1 Å². The smallest absolute Gasteiger partial charge is 0.240 e. The van der Waals surface area contributed by atoms with E-state index in [1.807, 2.05) is 18.2 Å². The molecule has 6 heteroatoms. The zero-order chi connectivity index (χ0) is 11.8. The third-order valence-corrected chi connectivity index (χ3v) is 2.50. The average molecular weight is 226 g/mol. The van der Waals surface area contributed by atoms with Gasteiger partial charge in [0.05, 0.1) is 0 Å². The van der Waals surface area contributed by atoms with Gasteiger partial charge in [0.25, 0.3) is 0 Å². The van der Waals surface area contributed by atoms with Gasteiger partial charge in [-0.3, -0.25) is 4.98 Å². The minimum atomic E-state index is 0.202. The van der Waals surface area contributed by atoms with Gasteiger partial charge in [-0.15, -0.1) is 5.10 Å². The molecule has 0 aliphatic carbocycles. The molecule has 17 heavy (non-hydrogen) atoms. The van der Waals surface area contributed by atoms with Crippen LogP contribution < -0.4 is 11.5 Å². The van der Waals surface area contributed by atoms with Crippen molar-refractivity contribution < 1.29 is 0 Å². The van der Waals surface area contributed by atoms with E-state index in [1.54, 1.807) is 18.5 Å². The Balaban J connectivity index is 2.34. The number of fused-ring (bicyclic) bond motifs is 1. The van der Waals surface area contributed by atoms with E-state index >= 15 is 0 Å². The van der Waals surface area contributed by atoms with Crippen molar-refractivity contribution in [2.24, 2.45) is 0 Å². The summed E-state index contributed by atoms with van der Waals surface area (Å²) >= 11 is 0. The molecule has 0 aromatic carbocycles. The quantitative estimate of drug-likeness (QED) is 0.644. The minimum absolute atomic E-state index is 0.202. The summed E-state index contributed by atoms with van der Waals surface area (Å²) in [5.74, 6) is 0.699. The van der Waals surface area contributed by atoms with Gasteiger partial charge in [-0.1, -0.05) is 6.07 Å². The molecule has 0 saturated carbocycles. The number of hydrogen-bond donors (Lipinski definition) is 2. The van der Waals surface area contributed by atoms with E-state index in [-0.39, 0.29) is 5.95 Å². The van der Waals surface area contributed by atoms with Crippen LogP contribution in [0, 0.1) is 0 Å². The summed E-state index contributed by atoms with van der Waals surface area (Å²) in [4.78, 5) is 8.25. The van der Waals surface area contributed by atoms with Gasteiger partial charge in [-0.25, -0.2) is 0 Å². The topological polar surface area (TPSA) is 95.1 Å². The first kappa shape index (κ1) is 9.59. The van der Waals surface area contributed by atoms with Gasteiger partial charge in [0.1, 0.15) is 5.82 Å². The molecular formula is C11H10N6. The maximum Gasteiger partial charge on any atom is 0.240 e. The third-order valence-electron chi connectivity index (χ3n) is 2.50. The first-order valence-corrected chi connectivity index (χ1v) is 5.07. The summed E-state index contributed by atoms with van der Waals surface area (Å²) in [6.45, 7) is 0. The molecule has 0 aliphatic rings. The van der Waals surface area contributed by atoms with Crippen LogP contribution in [0.2, 0.25) is 0 Å². The monoisotopic (exact) mass is 226 g/mol. The second-order valence-corrected chi connectivity index (χ2v) is 3.62. The van der Waals surface area contributed by atoms with Gasteiger partial charge in [0.15, 0.2) is 5.65 Å². The number of anilines is 2. The summed E-state index contributed by atoms with van der Waals surface area (Å²) < 4.78 is 1.53. The molecule has 0 atom stereocenters. The molecule has 3 heterocycles. The highest BCUT2D eigenvalue weighted by Gasteiger charge is 2.10. The highest BCUT2D eigenvalue weighted by Crippen LogP contribution is 2.24. The van der Waals surface area contributed by atoms with Gasteiger partial charge >= 0.3 is 0 Å². The lowest BCUT2D eigenvalue weighted by Crippen LogP contribution is -1.99. The van der Waals surface area contributed by atoms with E-state index < -0.39 is 0 Å². The summed E-state index contributed by atoms with van der Waals surface area (Å²) in [6.07, 6.45) is 3.48. The van der Waals surface area contributed by atoms with Crippen molar-refractivity contribution in [2.45, 2.75) is 0 Å². The predicted octanol–water partition coefficient (Wildman–Crippen LogP) is 0.956. The third kappa shape index (κ3) is 1.46. The van der Waals surface area contributed by atoms with Gasteiger partial charge < -0.3 is 11.5 Å². The lowest BCUT2D eigenvalue weighted by atomic mass is 10.1. The first-order valence-electron chi connectivity index (χ1n) is 5.07. The molecule has 0 amide bonds. The van der Waals surface area contributed by atoms with Crippen molar-refractivity contribution in [1.82, 2.24) is 19.6 Å². The molecule has 6 nitrogen and oxygen atoms in total. The molecule has 0 saturated heterocycles. The Hall–Kier alpha value is -2.63. The Morgan fingerprint density at radius 1 is 1.12 bits per heavy atom. The number of aromatic nitrogens is 4. The number of nitrogens with zero attached hydrogens (tertiary/aromatic N) is 4. The molecule has 3 aromatic rings. The van der Waals surface area contributed by atoms with E-state index in [0.29, 0.717) is 11.5 Å². The number of nitrogens with two attached hydrogens (primary N) is 2. The van der Waals surface area contributed by atoms with E-state index in [9.17, 15) is 0 Å². The molecule has 4 N–H and O–H groups in total. The largest absolute Gasteiger partial charge is 0.384 e. The fourth-order valence-corrected chi connectivity index (χ4v) is 1.74. The highest BCUT2D eigenvalue weighted by atomic mass is 15.3. The van der Waals surface area contributed by atoms with Gasteiger partial charge in [0, 0.05) is 23.5 Å². The minimum Gasteiger partial charge on any atom is -0.384 e. The lowest BCUT2D eigenvalue weighted by Gasteiger charge is -2.04. The first-order chi connectivity index (χ1) is 8.25. The molecule has 3 rings (SSSR count). The fourth-order valence-electron chi connectivity index (χ4n) is 1.74. The van der Waals surface area contributed by atoms with Gasteiger partial charge in [-0.2, -0.15) is 9.50 Å². The molecule has 0 spiro atoms. The normalized spacial score (nSPS) is 10.8. The van der Waals surface area contributed by atoms with Crippen LogP contribution in [0.4, 0.5) is 11.8 Å². The molecule has 0 aliphatic heterocycles. The van der Waals surface area contributed by atoms with Crippen molar-refractivity contribution in [2.75, 3.05) is 11.5 Å². The maximum absolute atomic E-state index is 5.81. The summed E-state index contributed by atoms with van der Waals surface area (Å²) in [5, 5.41) is 4.04. The Morgan fingerprint density at radius 2 is 2.00 bits per heavy atom. The van der Waals surface area contributed by atoms with E-state index in [1.165, 1.54) is 4.52 Å². The second-order valence-electron chi connectivity index (χ2n) is 3.62. The van der Waals surface area contributed by atoms with Gasteiger partial charge in [-0.05, 0) is 18.2 Å². The highest BCUT2D eigenvalue weighted by molar-refractivity contribution is 5.78. The number of pyridine rings is 2. The van der Waals surface area contributed by atoms with Crippen molar-refractivity contribution in [3.05, 3.63) is 36.7 Å². The van der Waals surface area contributed by atoms with E-state index in [4.69, 9.17) is 11.5 Å². The zero-order valence-electron chi connectivity index (χ0n) is 8.91. The summed E-state index contributed by atoms with van der Waals surface area (Å²) in [7, 11) is 0. The number of rotatable bonds is 1. The van der Waals surface area contributed by atoms with Crippen molar-refractivity contribution in [1.29, 1.82) is 0 Å². The Kier molecular flexibility index (Phi) is 1.94.